The van der Waals surface area contributed by atoms with Crippen molar-refractivity contribution in [1.29, 1.82) is 0 Å². The third-order valence-corrected chi connectivity index (χ3v) is 6.57. The van der Waals surface area contributed by atoms with Gasteiger partial charge in [-0.05, 0) is 26.0 Å². The first-order chi connectivity index (χ1) is 13.7. The molecule has 0 aliphatic carbocycles. The number of aromatic nitrogens is 4. The Hall–Kier alpha value is -2.15. The summed E-state index contributed by atoms with van der Waals surface area (Å²) in [5.74, 6) is 1.65. The van der Waals surface area contributed by atoms with Gasteiger partial charge in [-0.2, -0.15) is 0 Å². The van der Waals surface area contributed by atoms with Crippen LogP contribution in [0, 0.1) is 6.92 Å². The molecular formula is C21H19ClN4S2. The number of rotatable bonds is 6. The second-order valence-corrected chi connectivity index (χ2v) is 8.54. The maximum atomic E-state index is 6.29. The standard InChI is InChI=1S/C21H19ClN4S2/c1-3-26-19(15-8-6-7-14(2)11-15)24-25-21(26)28-13-16-12-27-20(23-16)17-9-4-5-10-18(17)22/h4-12H,3,13H2,1-2H3. The summed E-state index contributed by atoms with van der Waals surface area (Å²) >= 11 is 9.56. The summed E-state index contributed by atoms with van der Waals surface area (Å²) in [7, 11) is 0. The van der Waals surface area contributed by atoms with Gasteiger partial charge in [-0.15, -0.1) is 21.5 Å². The molecule has 0 aliphatic heterocycles. The summed E-state index contributed by atoms with van der Waals surface area (Å²) in [4.78, 5) is 4.74. The fraction of sp³-hybridized carbons (Fsp3) is 0.190. The fourth-order valence-corrected chi connectivity index (χ4v) is 5.09. The van der Waals surface area contributed by atoms with Gasteiger partial charge >= 0.3 is 0 Å². The Labute approximate surface area is 177 Å². The van der Waals surface area contributed by atoms with Gasteiger partial charge in [-0.25, -0.2) is 4.98 Å². The molecule has 0 N–H and O–H groups in total. The van der Waals surface area contributed by atoms with Crippen molar-refractivity contribution >= 4 is 34.7 Å². The molecule has 4 nitrogen and oxygen atoms in total. The average molecular weight is 427 g/mol. The quantitative estimate of drug-likeness (QED) is 0.337. The van der Waals surface area contributed by atoms with Gasteiger partial charge in [0.25, 0.3) is 0 Å². The number of halogens is 1. The van der Waals surface area contributed by atoms with Crippen LogP contribution in [0.25, 0.3) is 22.0 Å². The highest BCUT2D eigenvalue weighted by Gasteiger charge is 2.14. The van der Waals surface area contributed by atoms with Crippen molar-refractivity contribution in [3.8, 4) is 22.0 Å². The third kappa shape index (κ3) is 3.99. The predicted molar refractivity (Wildman–Crippen MR) is 118 cm³/mol. The van der Waals surface area contributed by atoms with Crippen LogP contribution < -0.4 is 0 Å². The minimum absolute atomic E-state index is 0.726. The molecule has 0 bridgehead atoms. The van der Waals surface area contributed by atoms with Gasteiger partial charge in [-0.1, -0.05) is 65.3 Å². The van der Waals surface area contributed by atoms with Crippen LogP contribution in [0.2, 0.25) is 5.02 Å². The summed E-state index contributed by atoms with van der Waals surface area (Å²) in [6.07, 6.45) is 0. The zero-order valence-electron chi connectivity index (χ0n) is 15.6. The van der Waals surface area contributed by atoms with E-state index in [1.165, 1.54) is 5.56 Å². The number of aryl methyl sites for hydroxylation is 1. The monoisotopic (exact) mass is 426 g/mol. The van der Waals surface area contributed by atoms with Crippen LogP contribution in [0.4, 0.5) is 0 Å². The lowest BCUT2D eigenvalue weighted by Gasteiger charge is -2.07. The molecule has 0 unspecified atom stereocenters. The zero-order chi connectivity index (χ0) is 19.5. The summed E-state index contributed by atoms with van der Waals surface area (Å²) in [5.41, 5.74) is 4.30. The predicted octanol–water partition coefficient (Wildman–Crippen LogP) is 6.34. The SMILES string of the molecule is CCn1c(SCc2csc(-c3ccccc3Cl)n2)nnc1-c1cccc(C)c1. The lowest BCUT2D eigenvalue weighted by Crippen LogP contribution is -2.00. The number of hydrogen-bond donors (Lipinski definition) is 0. The highest BCUT2D eigenvalue weighted by molar-refractivity contribution is 7.98. The molecule has 0 spiro atoms. The van der Waals surface area contributed by atoms with Crippen LogP contribution >= 0.6 is 34.7 Å². The molecule has 0 atom stereocenters. The molecular weight excluding hydrogens is 408 g/mol. The van der Waals surface area contributed by atoms with Gasteiger partial charge in [0, 0.05) is 28.8 Å². The number of benzene rings is 2. The largest absolute Gasteiger partial charge is 0.302 e. The van der Waals surface area contributed by atoms with E-state index >= 15 is 0 Å². The Bertz CT molecular complexity index is 1100. The van der Waals surface area contributed by atoms with Crippen LogP contribution in [-0.2, 0) is 12.3 Å². The Morgan fingerprint density at radius 2 is 1.96 bits per heavy atom. The molecule has 0 aliphatic rings. The van der Waals surface area contributed by atoms with Gasteiger partial charge in [0.15, 0.2) is 11.0 Å². The topological polar surface area (TPSA) is 43.6 Å². The lowest BCUT2D eigenvalue weighted by molar-refractivity contribution is 0.687. The molecule has 4 rings (SSSR count). The van der Waals surface area contributed by atoms with E-state index in [0.717, 1.165) is 50.1 Å². The van der Waals surface area contributed by atoms with Crippen LogP contribution in [-0.4, -0.2) is 19.7 Å². The summed E-state index contributed by atoms with van der Waals surface area (Å²) in [6, 6.07) is 16.2. The molecule has 0 radical (unpaired) electrons. The van der Waals surface area contributed by atoms with E-state index in [1.807, 2.05) is 24.3 Å². The van der Waals surface area contributed by atoms with Gasteiger partial charge in [-0.3, -0.25) is 0 Å². The van der Waals surface area contributed by atoms with Crippen molar-refractivity contribution in [1.82, 2.24) is 19.7 Å². The van der Waals surface area contributed by atoms with E-state index < -0.39 is 0 Å². The number of nitrogens with zero attached hydrogens (tertiary/aromatic N) is 4. The minimum atomic E-state index is 0.726. The van der Waals surface area contributed by atoms with E-state index in [1.54, 1.807) is 23.1 Å². The van der Waals surface area contributed by atoms with Crippen molar-refractivity contribution in [3.05, 3.63) is 70.2 Å². The molecule has 2 aromatic heterocycles. The molecule has 4 aromatic rings. The molecule has 0 saturated heterocycles. The van der Waals surface area contributed by atoms with Crippen molar-refractivity contribution in [2.45, 2.75) is 31.3 Å². The molecule has 7 heteroatoms. The first-order valence-corrected chi connectivity index (χ1v) is 11.2. The van der Waals surface area contributed by atoms with Crippen LogP contribution in [0.1, 0.15) is 18.2 Å². The van der Waals surface area contributed by atoms with E-state index in [2.05, 4.69) is 58.3 Å². The fourth-order valence-electron chi connectivity index (χ4n) is 2.95. The highest BCUT2D eigenvalue weighted by atomic mass is 35.5. The maximum Gasteiger partial charge on any atom is 0.191 e. The Morgan fingerprint density at radius 1 is 1.11 bits per heavy atom. The lowest BCUT2D eigenvalue weighted by atomic mass is 10.1. The van der Waals surface area contributed by atoms with E-state index in [0.29, 0.717) is 0 Å². The first kappa shape index (κ1) is 19.2. The number of hydrogen-bond acceptors (Lipinski definition) is 5. The van der Waals surface area contributed by atoms with Crippen LogP contribution in [0.3, 0.4) is 0 Å². The smallest absolute Gasteiger partial charge is 0.191 e. The van der Waals surface area contributed by atoms with Crippen molar-refractivity contribution in [2.24, 2.45) is 0 Å². The molecule has 2 aromatic carbocycles. The highest BCUT2D eigenvalue weighted by Crippen LogP contribution is 2.32. The zero-order valence-corrected chi connectivity index (χ0v) is 18.0. The second kappa shape index (κ2) is 8.47. The Balaban J connectivity index is 1.52. The minimum Gasteiger partial charge on any atom is -0.302 e. The number of thioether (sulfide) groups is 1. The summed E-state index contributed by atoms with van der Waals surface area (Å²) in [5, 5.41) is 13.5. The van der Waals surface area contributed by atoms with Crippen molar-refractivity contribution in [2.75, 3.05) is 0 Å². The van der Waals surface area contributed by atoms with E-state index in [4.69, 9.17) is 16.6 Å². The first-order valence-electron chi connectivity index (χ1n) is 8.98. The molecule has 142 valence electrons. The Kier molecular flexibility index (Phi) is 5.80. The van der Waals surface area contributed by atoms with Gasteiger partial charge < -0.3 is 4.57 Å². The molecule has 2 heterocycles. The van der Waals surface area contributed by atoms with Gasteiger partial charge in [0.2, 0.25) is 0 Å². The average Bonchev–Trinajstić information content (AvgIpc) is 3.33. The maximum absolute atomic E-state index is 6.29. The third-order valence-electron chi connectivity index (χ3n) is 4.31. The van der Waals surface area contributed by atoms with Gasteiger partial charge in [0.1, 0.15) is 5.01 Å². The van der Waals surface area contributed by atoms with E-state index in [9.17, 15) is 0 Å². The normalized spacial score (nSPS) is 11.1. The van der Waals surface area contributed by atoms with Crippen molar-refractivity contribution < 1.29 is 0 Å². The molecule has 0 fully saturated rings. The van der Waals surface area contributed by atoms with E-state index in [-0.39, 0.29) is 0 Å². The van der Waals surface area contributed by atoms with Crippen molar-refractivity contribution in [3.63, 3.8) is 0 Å². The van der Waals surface area contributed by atoms with Crippen LogP contribution in [0.5, 0.6) is 0 Å². The molecule has 0 amide bonds. The Morgan fingerprint density at radius 3 is 2.75 bits per heavy atom. The molecule has 28 heavy (non-hydrogen) atoms. The van der Waals surface area contributed by atoms with Crippen LogP contribution in [0.15, 0.2) is 59.1 Å². The van der Waals surface area contributed by atoms with Gasteiger partial charge in [0.05, 0.1) is 10.7 Å². The number of thiazole rings is 1. The second-order valence-electron chi connectivity index (χ2n) is 6.33. The summed E-state index contributed by atoms with van der Waals surface area (Å²) < 4.78 is 2.15. The summed E-state index contributed by atoms with van der Waals surface area (Å²) in [6.45, 7) is 5.02. The molecule has 0 saturated carbocycles.